The monoisotopic (exact) mass is 388 g/mol. The molecule has 0 bridgehead atoms. The molecule has 0 aliphatic heterocycles. The third kappa shape index (κ3) is 2.75. The fourth-order valence-electron chi connectivity index (χ4n) is 2.89. The second kappa shape index (κ2) is 6.37. The number of rotatable bonds is 3. The number of aromatic nitrogens is 1. The van der Waals surface area contributed by atoms with Crippen LogP contribution < -0.4 is 4.90 Å². The number of amides is 1. The largest absolute Gasteiger partial charge is 0.451 e. The lowest BCUT2D eigenvalue weighted by atomic mass is 10.1. The van der Waals surface area contributed by atoms with E-state index in [0.29, 0.717) is 33.2 Å². The Kier molecular flexibility index (Phi) is 4.17. The first-order chi connectivity index (χ1) is 12.5. The molecule has 2 aromatic carbocycles. The molecule has 0 aliphatic rings. The normalized spacial score (nSPS) is 11.4. The van der Waals surface area contributed by atoms with E-state index in [0.717, 1.165) is 10.2 Å². The molecule has 2 heterocycles. The second-order valence-corrected chi connectivity index (χ2v) is 7.30. The number of aryl methyl sites for hydroxylation is 1. The Balaban J connectivity index is 1.78. The van der Waals surface area contributed by atoms with Crippen LogP contribution in [-0.2, 0) is 0 Å². The van der Waals surface area contributed by atoms with E-state index >= 15 is 0 Å². The Hall–Kier alpha value is -2.44. The van der Waals surface area contributed by atoms with Crippen molar-refractivity contribution < 1.29 is 13.6 Å². The number of fused-ring (bicyclic) bond motifs is 2. The smallest absolute Gasteiger partial charge is 0.296 e. The maximum Gasteiger partial charge on any atom is 0.296 e. The number of benzene rings is 2. The van der Waals surface area contributed by atoms with Crippen molar-refractivity contribution in [1.29, 1.82) is 0 Å². The molecule has 1 amide bonds. The highest BCUT2D eigenvalue weighted by Gasteiger charge is 2.26. The number of carbonyl (C=O) groups is 1. The third-order valence-corrected chi connectivity index (χ3v) is 5.52. The molecule has 0 aliphatic carbocycles. The highest BCUT2D eigenvalue weighted by molar-refractivity contribution is 7.22. The summed E-state index contributed by atoms with van der Waals surface area (Å²) in [4.78, 5) is 19.2. The average Bonchev–Trinajstić information content (AvgIpc) is 3.16. The van der Waals surface area contributed by atoms with E-state index in [9.17, 15) is 9.18 Å². The molecule has 4 aromatic rings. The summed E-state index contributed by atoms with van der Waals surface area (Å²) in [5.74, 6) is -0.465. The molecule has 0 N–H and O–H groups in total. The summed E-state index contributed by atoms with van der Waals surface area (Å²) in [7, 11) is 0. The molecule has 0 atom stereocenters. The summed E-state index contributed by atoms with van der Waals surface area (Å²) in [5.41, 5.74) is 1.85. The van der Waals surface area contributed by atoms with Crippen molar-refractivity contribution >= 4 is 55.2 Å². The molecule has 0 spiro atoms. The van der Waals surface area contributed by atoms with Crippen molar-refractivity contribution in [3.8, 4) is 0 Å². The highest BCUT2D eigenvalue weighted by atomic mass is 35.5. The van der Waals surface area contributed by atoms with E-state index in [-0.39, 0.29) is 17.5 Å². The van der Waals surface area contributed by atoms with Crippen LogP contribution in [-0.4, -0.2) is 17.4 Å². The van der Waals surface area contributed by atoms with Gasteiger partial charge < -0.3 is 4.42 Å². The van der Waals surface area contributed by atoms with Gasteiger partial charge in [0.15, 0.2) is 10.9 Å². The van der Waals surface area contributed by atoms with Crippen LogP contribution in [0.3, 0.4) is 0 Å². The molecule has 0 saturated carbocycles. The number of furan rings is 1. The van der Waals surface area contributed by atoms with Crippen molar-refractivity contribution in [1.82, 2.24) is 4.98 Å². The lowest BCUT2D eigenvalue weighted by molar-refractivity contribution is 0.0963. The van der Waals surface area contributed by atoms with Gasteiger partial charge in [0.05, 0.1) is 10.2 Å². The Labute approximate surface area is 157 Å². The maximum absolute atomic E-state index is 13.5. The predicted octanol–water partition coefficient (Wildman–Crippen LogP) is 5.81. The quantitative estimate of drug-likeness (QED) is 0.445. The number of anilines is 1. The molecule has 132 valence electrons. The maximum atomic E-state index is 13.5. The van der Waals surface area contributed by atoms with Gasteiger partial charge in [0.25, 0.3) is 5.91 Å². The molecule has 0 fully saturated rings. The minimum Gasteiger partial charge on any atom is -0.451 e. The first-order valence-electron chi connectivity index (χ1n) is 8.04. The SMILES string of the molecule is CCN(C(=O)c1oc2ccc(F)cc2c1C)c1nc2cc(Cl)ccc2s1. The zero-order valence-corrected chi connectivity index (χ0v) is 15.6. The van der Waals surface area contributed by atoms with Crippen LogP contribution >= 0.6 is 22.9 Å². The van der Waals surface area contributed by atoms with Gasteiger partial charge in [0.1, 0.15) is 11.4 Å². The van der Waals surface area contributed by atoms with E-state index in [1.165, 1.54) is 29.5 Å². The standard InChI is InChI=1S/C19H14ClFN2O2S/c1-3-23(19-22-14-8-11(20)4-7-16(14)26-19)18(24)17-10(2)13-9-12(21)5-6-15(13)25-17/h4-9H,3H2,1-2H3. The molecular formula is C19H14ClFN2O2S. The predicted molar refractivity (Wildman–Crippen MR) is 103 cm³/mol. The summed E-state index contributed by atoms with van der Waals surface area (Å²) in [6.07, 6.45) is 0. The summed E-state index contributed by atoms with van der Waals surface area (Å²) >= 11 is 7.43. The van der Waals surface area contributed by atoms with Gasteiger partial charge in [-0.15, -0.1) is 0 Å². The van der Waals surface area contributed by atoms with Crippen molar-refractivity contribution in [2.75, 3.05) is 11.4 Å². The van der Waals surface area contributed by atoms with E-state index < -0.39 is 0 Å². The molecular weight excluding hydrogens is 375 g/mol. The first kappa shape index (κ1) is 17.0. The van der Waals surface area contributed by atoms with Crippen LogP contribution in [0.4, 0.5) is 9.52 Å². The minimum absolute atomic E-state index is 0.199. The van der Waals surface area contributed by atoms with Gasteiger partial charge in [-0.05, 0) is 50.2 Å². The lowest BCUT2D eigenvalue weighted by Gasteiger charge is -2.16. The van der Waals surface area contributed by atoms with Crippen molar-refractivity contribution in [3.63, 3.8) is 0 Å². The van der Waals surface area contributed by atoms with Crippen LogP contribution in [0.5, 0.6) is 0 Å². The molecule has 2 aromatic heterocycles. The van der Waals surface area contributed by atoms with Crippen LogP contribution in [0, 0.1) is 12.7 Å². The van der Waals surface area contributed by atoms with Crippen LogP contribution in [0.1, 0.15) is 23.0 Å². The zero-order valence-electron chi connectivity index (χ0n) is 14.0. The lowest BCUT2D eigenvalue weighted by Crippen LogP contribution is -2.30. The van der Waals surface area contributed by atoms with Gasteiger partial charge in [-0.3, -0.25) is 9.69 Å². The van der Waals surface area contributed by atoms with E-state index in [1.54, 1.807) is 24.0 Å². The third-order valence-electron chi connectivity index (χ3n) is 4.22. The van der Waals surface area contributed by atoms with E-state index in [2.05, 4.69) is 4.98 Å². The first-order valence-corrected chi connectivity index (χ1v) is 9.24. The topological polar surface area (TPSA) is 46.3 Å². The van der Waals surface area contributed by atoms with E-state index in [4.69, 9.17) is 16.0 Å². The number of thiazole rings is 1. The molecule has 0 radical (unpaired) electrons. The average molecular weight is 389 g/mol. The van der Waals surface area contributed by atoms with Gasteiger partial charge in [-0.25, -0.2) is 9.37 Å². The van der Waals surface area contributed by atoms with E-state index in [1.807, 2.05) is 13.0 Å². The zero-order chi connectivity index (χ0) is 18.4. The van der Waals surface area contributed by atoms with Gasteiger partial charge in [0.2, 0.25) is 0 Å². The number of nitrogens with zero attached hydrogens (tertiary/aromatic N) is 2. The highest BCUT2D eigenvalue weighted by Crippen LogP contribution is 2.33. The fraction of sp³-hybridized carbons (Fsp3) is 0.158. The van der Waals surface area contributed by atoms with Crippen LogP contribution in [0.15, 0.2) is 40.8 Å². The number of hydrogen-bond acceptors (Lipinski definition) is 4. The number of hydrogen-bond donors (Lipinski definition) is 0. The Bertz CT molecular complexity index is 1150. The summed E-state index contributed by atoms with van der Waals surface area (Å²) in [6, 6.07) is 9.67. The summed E-state index contributed by atoms with van der Waals surface area (Å²) in [6.45, 7) is 4.05. The molecule has 7 heteroatoms. The number of halogens is 2. The van der Waals surface area contributed by atoms with Crippen LogP contribution in [0.2, 0.25) is 5.02 Å². The van der Waals surface area contributed by atoms with Crippen LogP contribution in [0.25, 0.3) is 21.2 Å². The molecule has 26 heavy (non-hydrogen) atoms. The molecule has 4 nitrogen and oxygen atoms in total. The molecule has 0 unspecified atom stereocenters. The summed E-state index contributed by atoms with van der Waals surface area (Å²) < 4.78 is 20.2. The van der Waals surface area contributed by atoms with Gasteiger partial charge in [-0.2, -0.15) is 0 Å². The Morgan fingerprint density at radius 2 is 2.12 bits per heavy atom. The molecule has 0 saturated heterocycles. The van der Waals surface area contributed by atoms with Crippen molar-refractivity contribution in [2.45, 2.75) is 13.8 Å². The minimum atomic E-state index is -0.365. The Morgan fingerprint density at radius 1 is 1.31 bits per heavy atom. The van der Waals surface area contributed by atoms with Crippen molar-refractivity contribution in [3.05, 3.63) is 58.6 Å². The fourth-order valence-corrected chi connectivity index (χ4v) is 4.06. The van der Waals surface area contributed by atoms with Gasteiger partial charge in [-0.1, -0.05) is 22.9 Å². The van der Waals surface area contributed by atoms with Crippen molar-refractivity contribution in [2.24, 2.45) is 0 Å². The molecule has 4 rings (SSSR count). The Morgan fingerprint density at radius 3 is 2.88 bits per heavy atom. The number of carbonyl (C=O) groups excluding carboxylic acids is 1. The van der Waals surface area contributed by atoms with Gasteiger partial charge >= 0.3 is 0 Å². The second-order valence-electron chi connectivity index (χ2n) is 5.85. The summed E-state index contributed by atoms with van der Waals surface area (Å²) in [5, 5.41) is 1.76. The van der Waals surface area contributed by atoms with Gasteiger partial charge in [0, 0.05) is 22.5 Å².